The van der Waals surface area contributed by atoms with E-state index < -0.39 is 11.6 Å². The van der Waals surface area contributed by atoms with Gasteiger partial charge in [0.15, 0.2) is 0 Å². The van der Waals surface area contributed by atoms with Crippen LogP contribution in [0.4, 0.5) is 4.79 Å². The predicted octanol–water partition coefficient (Wildman–Crippen LogP) is 4.46. The summed E-state index contributed by atoms with van der Waals surface area (Å²) >= 11 is 1.55. The van der Waals surface area contributed by atoms with Crippen molar-refractivity contribution in [1.82, 2.24) is 10.4 Å². The Balaban J connectivity index is 2.11. The van der Waals surface area contributed by atoms with E-state index in [1.165, 1.54) is 7.05 Å². The van der Waals surface area contributed by atoms with Crippen LogP contribution in [-0.4, -0.2) is 23.3 Å². The normalized spacial score (nSPS) is 11.2. The number of nitrogens with zero attached hydrogens (tertiary/aromatic N) is 1. The van der Waals surface area contributed by atoms with E-state index >= 15 is 0 Å². The molecule has 0 bridgehead atoms. The predicted molar refractivity (Wildman–Crippen MR) is 104 cm³/mol. The van der Waals surface area contributed by atoms with Crippen LogP contribution < -0.4 is 5.32 Å². The highest BCUT2D eigenvalue weighted by molar-refractivity contribution is 7.08. The number of carbonyl (C=O) groups excluding carboxylic acids is 1. The maximum Gasteiger partial charge on any atom is 0.341 e. The molecule has 0 aliphatic carbocycles. The second kappa shape index (κ2) is 8.17. The highest BCUT2D eigenvalue weighted by Crippen LogP contribution is 2.36. The van der Waals surface area contributed by atoms with Crippen molar-refractivity contribution in [3.63, 3.8) is 0 Å². The maximum atomic E-state index is 12.4. The Bertz CT molecular complexity index is 778. The van der Waals surface area contributed by atoms with E-state index in [1.807, 2.05) is 77.5 Å². The molecule has 3 aromatic rings. The maximum absolute atomic E-state index is 12.4. The number of carbonyl (C=O) groups is 1. The molecule has 0 aliphatic heterocycles. The first kappa shape index (κ1) is 18.2. The van der Waals surface area contributed by atoms with Gasteiger partial charge in [0.1, 0.15) is 5.54 Å². The molecule has 0 saturated heterocycles. The van der Waals surface area contributed by atoms with E-state index in [0.29, 0.717) is 12.8 Å². The van der Waals surface area contributed by atoms with Gasteiger partial charge in [-0.15, -0.1) is 0 Å². The van der Waals surface area contributed by atoms with Crippen LogP contribution in [-0.2, 0) is 18.4 Å². The molecule has 0 aliphatic rings. The number of rotatable bonds is 6. The highest BCUT2D eigenvalue weighted by atomic mass is 32.1. The molecular formula is C21H22N2O2S. The standard InChI is InChI=1S/C21H22N2O2S/c1-22-20(24)23(25)21(19-12-13-26-16-19,14-17-8-4-2-5-9-17)15-18-10-6-3-7-11-18/h2-13,16,25H,14-15H2,1H3,(H,22,24). The average Bonchev–Trinajstić information content (AvgIpc) is 3.23. The molecule has 0 saturated carbocycles. The third-order valence-electron chi connectivity index (χ3n) is 4.55. The topological polar surface area (TPSA) is 52.6 Å². The minimum Gasteiger partial charge on any atom is -0.339 e. The molecule has 5 heteroatoms. The summed E-state index contributed by atoms with van der Waals surface area (Å²) in [5.74, 6) is 0. The molecule has 2 aromatic carbocycles. The fraction of sp³-hybridized carbons (Fsp3) is 0.190. The molecule has 0 unspecified atom stereocenters. The van der Waals surface area contributed by atoms with Crippen molar-refractivity contribution in [2.75, 3.05) is 7.05 Å². The van der Waals surface area contributed by atoms with Gasteiger partial charge in [-0.3, -0.25) is 5.21 Å². The second-order valence-corrected chi connectivity index (χ2v) is 7.02. The number of amides is 2. The zero-order valence-electron chi connectivity index (χ0n) is 14.6. The van der Waals surface area contributed by atoms with Crippen LogP contribution in [0.3, 0.4) is 0 Å². The van der Waals surface area contributed by atoms with E-state index in [1.54, 1.807) is 11.3 Å². The average molecular weight is 366 g/mol. The molecule has 3 rings (SSSR count). The van der Waals surface area contributed by atoms with Crippen LogP contribution >= 0.6 is 11.3 Å². The van der Waals surface area contributed by atoms with Gasteiger partial charge < -0.3 is 5.32 Å². The van der Waals surface area contributed by atoms with Crippen molar-refractivity contribution in [3.05, 3.63) is 94.2 Å². The van der Waals surface area contributed by atoms with Crippen molar-refractivity contribution in [2.45, 2.75) is 18.4 Å². The van der Waals surface area contributed by atoms with Crippen molar-refractivity contribution in [1.29, 1.82) is 0 Å². The summed E-state index contributed by atoms with van der Waals surface area (Å²) in [5.41, 5.74) is 2.12. The Morgan fingerprint density at radius 3 is 1.96 bits per heavy atom. The van der Waals surface area contributed by atoms with E-state index in [9.17, 15) is 10.0 Å². The summed E-state index contributed by atoms with van der Waals surface area (Å²) in [6, 6.07) is 21.3. The van der Waals surface area contributed by atoms with E-state index in [-0.39, 0.29) is 0 Å². The molecular weight excluding hydrogens is 344 g/mol. The molecule has 1 aromatic heterocycles. The van der Waals surface area contributed by atoms with Gasteiger partial charge in [-0.05, 0) is 33.5 Å². The van der Waals surface area contributed by atoms with Crippen molar-refractivity contribution in [2.24, 2.45) is 0 Å². The van der Waals surface area contributed by atoms with Gasteiger partial charge in [-0.2, -0.15) is 16.4 Å². The van der Waals surface area contributed by atoms with Crippen LogP contribution in [0, 0.1) is 0 Å². The number of hydrogen-bond donors (Lipinski definition) is 2. The number of urea groups is 1. The first-order chi connectivity index (χ1) is 12.7. The Labute approximate surface area is 157 Å². The molecule has 1 heterocycles. The van der Waals surface area contributed by atoms with Crippen molar-refractivity contribution >= 4 is 17.4 Å². The minimum atomic E-state index is -0.900. The summed E-state index contributed by atoms with van der Waals surface area (Å²) in [6.45, 7) is 0. The molecule has 0 atom stereocenters. The van der Waals surface area contributed by atoms with E-state index in [2.05, 4.69) is 5.32 Å². The summed E-state index contributed by atoms with van der Waals surface area (Å²) in [4.78, 5) is 12.4. The van der Waals surface area contributed by atoms with Gasteiger partial charge in [0, 0.05) is 19.9 Å². The Morgan fingerprint density at radius 2 is 1.54 bits per heavy atom. The molecule has 2 N–H and O–H groups in total. The molecule has 0 radical (unpaired) electrons. The SMILES string of the molecule is CNC(=O)N(O)C(Cc1ccccc1)(Cc1ccccc1)c1ccsc1. The summed E-state index contributed by atoms with van der Waals surface area (Å²) in [6.07, 6.45) is 1.01. The monoisotopic (exact) mass is 366 g/mol. The van der Waals surface area contributed by atoms with Crippen LogP contribution in [0.2, 0.25) is 0 Å². The van der Waals surface area contributed by atoms with E-state index in [0.717, 1.165) is 21.8 Å². The van der Waals surface area contributed by atoms with Crippen LogP contribution in [0.15, 0.2) is 77.5 Å². The lowest BCUT2D eigenvalue weighted by molar-refractivity contribution is -0.131. The van der Waals surface area contributed by atoms with Crippen molar-refractivity contribution < 1.29 is 10.0 Å². The largest absolute Gasteiger partial charge is 0.341 e. The number of benzene rings is 2. The number of hydroxylamine groups is 2. The highest BCUT2D eigenvalue weighted by Gasteiger charge is 2.42. The summed E-state index contributed by atoms with van der Waals surface area (Å²) in [7, 11) is 1.52. The molecule has 134 valence electrons. The zero-order valence-corrected chi connectivity index (χ0v) is 15.4. The zero-order chi connectivity index (χ0) is 18.4. The van der Waals surface area contributed by atoms with Crippen molar-refractivity contribution in [3.8, 4) is 0 Å². The summed E-state index contributed by atoms with van der Waals surface area (Å²) in [5, 5.41) is 18.3. The molecule has 4 nitrogen and oxygen atoms in total. The van der Waals surface area contributed by atoms with Crippen LogP contribution in [0.5, 0.6) is 0 Å². The molecule has 26 heavy (non-hydrogen) atoms. The number of nitrogens with one attached hydrogen (secondary N) is 1. The Kier molecular flexibility index (Phi) is 5.71. The third-order valence-corrected chi connectivity index (χ3v) is 5.23. The Morgan fingerprint density at radius 1 is 1.00 bits per heavy atom. The number of hydrogen-bond acceptors (Lipinski definition) is 3. The van der Waals surface area contributed by atoms with E-state index in [4.69, 9.17) is 0 Å². The Hall–Kier alpha value is -2.63. The molecule has 0 fully saturated rings. The lowest BCUT2D eigenvalue weighted by Crippen LogP contribution is -2.53. The first-order valence-electron chi connectivity index (χ1n) is 8.47. The van der Waals surface area contributed by atoms with Crippen LogP contribution in [0.1, 0.15) is 16.7 Å². The third kappa shape index (κ3) is 3.79. The smallest absolute Gasteiger partial charge is 0.339 e. The fourth-order valence-electron chi connectivity index (χ4n) is 3.24. The van der Waals surface area contributed by atoms with Gasteiger partial charge in [0.05, 0.1) is 0 Å². The number of thiophene rings is 1. The van der Waals surface area contributed by atoms with Crippen LogP contribution in [0.25, 0.3) is 0 Å². The summed E-state index contributed by atoms with van der Waals surface area (Å²) < 4.78 is 0. The van der Waals surface area contributed by atoms with Gasteiger partial charge in [-0.25, -0.2) is 4.79 Å². The molecule has 2 amide bonds. The van der Waals surface area contributed by atoms with Gasteiger partial charge in [-0.1, -0.05) is 60.7 Å². The fourth-order valence-corrected chi connectivity index (χ4v) is 3.98. The minimum absolute atomic E-state index is 0.503. The molecule has 0 spiro atoms. The van der Waals surface area contributed by atoms with Gasteiger partial charge in [0.2, 0.25) is 0 Å². The van der Waals surface area contributed by atoms with Gasteiger partial charge in [0.25, 0.3) is 0 Å². The lowest BCUT2D eigenvalue weighted by atomic mass is 9.79. The van der Waals surface area contributed by atoms with Gasteiger partial charge >= 0.3 is 6.03 Å². The first-order valence-corrected chi connectivity index (χ1v) is 9.41. The second-order valence-electron chi connectivity index (χ2n) is 6.24. The lowest BCUT2D eigenvalue weighted by Gasteiger charge is -2.40. The quantitative estimate of drug-likeness (QED) is 0.500.